The van der Waals surface area contributed by atoms with Crippen LogP contribution in [-0.2, 0) is 11.0 Å². The molecule has 27 heavy (non-hydrogen) atoms. The highest BCUT2D eigenvalue weighted by Gasteiger charge is 2.37. The molecule has 0 aliphatic carbocycles. The summed E-state index contributed by atoms with van der Waals surface area (Å²) in [6.07, 6.45) is -3.79. The van der Waals surface area contributed by atoms with Crippen LogP contribution in [0.2, 0.25) is 0 Å². The number of nitrogens with zero attached hydrogens (tertiary/aromatic N) is 3. The molecule has 3 rings (SSSR count). The van der Waals surface area contributed by atoms with Crippen molar-refractivity contribution in [2.24, 2.45) is 11.7 Å². The summed E-state index contributed by atoms with van der Waals surface area (Å²) in [5.74, 6) is -1.13. The maximum absolute atomic E-state index is 13.3. The van der Waals surface area contributed by atoms with E-state index in [1.165, 1.54) is 20.3 Å². The van der Waals surface area contributed by atoms with Crippen LogP contribution in [0.25, 0.3) is 10.9 Å². The highest BCUT2D eigenvalue weighted by Crippen LogP contribution is 2.38. The summed E-state index contributed by atoms with van der Waals surface area (Å²) in [6, 6.07) is 2.95. The number of amides is 1. The number of rotatable bonds is 4. The molecule has 10 heteroatoms. The average Bonchev–Trinajstić information content (AvgIpc) is 2.65. The van der Waals surface area contributed by atoms with Crippen molar-refractivity contribution >= 4 is 22.6 Å². The number of hydrogen-bond acceptors (Lipinski definition) is 6. The SMILES string of the molecule is COc1cc2nc(C(F)(F)F)nc(N3CCC(C(N)=O)CC3)c2cc1OC. The van der Waals surface area contributed by atoms with Gasteiger partial charge in [-0.3, -0.25) is 4.79 Å². The van der Waals surface area contributed by atoms with E-state index in [-0.39, 0.29) is 23.0 Å². The Balaban J connectivity index is 2.12. The highest BCUT2D eigenvalue weighted by atomic mass is 19.4. The summed E-state index contributed by atoms with van der Waals surface area (Å²) >= 11 is 0. The summed E-state index contributed by atoms with van der Waals surface area (Å²) in [6.45, 7) is 0.733. The van der Waals surface area contributed by atoms with Crippen molar-refractivity contribution in [2.75, 3.05) is 32.2 Å². The minimum Gasteiger partial charge on any atom is -0.493 e. The van der Waals surface area contributed by atoms with Crippen LogP contribution in [0.4, 0.5) is 19.0 Å². The lowest BCUT2D eigenvalue weighted by atomic mass is 9.96. The first-order chi connectivity index (χ1) is 12.7. The normalized spacial score (nSPS) is 15.8. The van der Waals surface area contributed by atoms with Crippen LogP contribution in [0, 0.1) is 5.92 Å². The molecule has 1 fully saturated rings. The summed E-state index contributed by atoms with van der Waals surface area (Å²) in [5, 5.41) is 0.415. The first kappa shape index (κ1) is 19.0. The number of anilines is 1. The number of hydrogen-bond donors (Lipinski definition) is 1. The van der Waals surface area contributed by atoms with E-state index in [1.54, 1.807) is 11.0 Å². The lowest BCUT2D eigenvalue weighted by Gasteiger charge is -2.32. The quantitative estimate of drug-likeness (QED) is 0.870. The maximum Gasteiger partial charge on any atom is 0.451 e. The van der Waals surface area contributed by atoms with Gasteiger partial charge in [0.1, 0.15) is 5.82 Å². The molecule has 1 aromatic carbocycles. The van der Waals surface area contributed by atoms with E-state index in [0.29, 0.717) is 37.1 Å². The smallest absolute Gasteiger partial charge is 0.451 e. The van der Waals surface area contributed by atoms with Crippen LogP contribution in [0.15, 0.2) is 12.1 Å². The van der Waals surface area contributed by atoms with Crippen LogP contribution < -0.4 is 20.1 Å². The van der Waals surface area contributed by atoms with Crippen molar-refractivity contribution in [1.29, 1.82) is 0 Å². The van der Waals surface area contributed by atoms with Crippen molar-refractivity contribution in [1.82, 2.24) is 9.97 Å². The number of aromatic nitrogens is 2. The van der Waals surface area contributed by atoms with Gasteiger partial charge < -0.3 is 20.1 Å². The Bertz CT molecular complexity index is 865. The lowest BCUT2D eigenvalue weighted by molar-refractivity contribution is -0.144. The fraction of sp³-hybridized carbons (Fsp3) is 0.471. The molecule has 0 bridgehead atoms. The molecule has 1 saturated heterocycles. The Labute approximate surface area is 153 Å². The Hall–Kier alpha value is -2.78. The van der Waals surface area contributed by atoms with E-state index in [2.05, 4.69) is 9.97 Å². The molecule has 0 radical (unpaired) electrons. The number of fused-ring (bicyclic) bond motifs is 1. The highest BCUT2D eigenvalue weighted by molar-refractivity contribution is 5.92. The first-order valence-electron chi connectivity index (χ1n) is 8.29. The number of carbonyl (C=O) groups excluding carboxylic acids is 1. The fourth-order valence-corrected chi connectivity index (χ4v) is 3.18. The van der Waals surface area contributed by atoms with Gasteiger partial charge in [-0.15, -0.1) is 0 Å². The number of methoxy groups -OCH3 is 2. The molecule has 0 saturated carbocycles. The van der Waals surface area contributed by atoms with Crippen molar-refractivity contribution in [3.05, 3.63) is 18.0 Å². The minimum absolute atomic E-state index is 0.0991. The van der Waals surface area contributed by atoms with Gasteiger partial charge in [-0.05, 0) is 18.9 Å². The summed E-state index contributed by atoms with van der Waals surface area (Å²) in [5.41, 5.74) is 5.43. The van der Waals surface area contributed by atoms with E-state index in [4.69, 9.17) is 15.2 Å². The number of alkyl halides is 3. The maximum atomic E-state index is 13.3. The number of piperidine rings is 1. The molecule has 0 spiro atoms. The number of benzene rings is 1. The zero-order valence-corrected chi connectivity index (χ0v) is 14.8. The van der Waals surface area contributed by atoms with Gasteiger partial charge in [-0.2, -0.15) is 13.2 Å². The van der Waals surface area contributed by atoms with E-state index < -0.39 is 17.9 Å². The van der Waals surface area contributed by atoms with Crippen molar-refractivity contribution in [3.8, 4) is 11.5 Å². The molecule has 0 unspecified atom stereocenters. The second kappa shape index (κ2) is 7.09. The van der Waals surface area contributed by atoms with Crippen LogP contribution in [0.1, 0.15) is 18.7 Å². The van der Waals surface area contributed by atoms with Gasteiger partial charge in [0.15, 0.2) is 11.5 Å². The van der Waals surface area contributed by atoms with Crippen LogP contribution >= 0.6 is 0 Å². The predicted molar refractivity (Wildman–Crippen MR) is 91.8 cm³/mol. The second-order valence-electron chi connectivity index (χ2n) is 6.26. The first-order valence-corrected chi connectivity index (χ1v) is 8.29. The third-order valence-corrected chi connectivity index (χ3v) is 4.63. The van der Waals surface area contributed by atoms with E-state index in [1.807, 2.05) is 0 Å². The van der Waals surface area contributed by atoms with Gasteiger partial charge in [-0.25, -0.2) is 9.97 Å². The van der Waals surface area contributed by atoms with Gasteiger partial charge >= 0.3 is 6.18 Å². The molecular formula is C17H19F3N4O3. The second-order valence-corrected chi connectivity index (χ2v) is 6.26. The van der Waals surface area contributed by atoms with Gasteiger partial charge in [0.2, 0.25) is 11.7 Å². The largest absolute Gasteiger partial charge is 0.493 e. The Kier molecular flexibility index (Phi) is 4.99. The Morgan fingerprint density at radius 1 is 1.15 bits per heavy atom. The van der Waals surface area contributed by atoms with Gasteiger partial charge in [0.05, 0.1) is 19.7 Å². The average molecular weight is 384 g/mol. The van der Waals surface area contributed by atoms with Gasteiger partial charge in [-0.1, -0.05) is 0 Å². The number of nitrogens with two attached hydrogens (primary N) is 1. The summed E-state index contributed by atoms with van der Waals surface area (Å²) < 4.78 is 50.3. The van der Waals surface area contributed by atoms with Crippen molar-refractivity contribution in [3.63, 3.8) is 0 Å². The van der Waals surface area contributed by atoms with E-state index in [0.717, 1.165) is 0 Å². The Morgan fingerprint density at radius 2 is 1.74 bits per heavy atom. The number of primary amides is 1. The number of halogens is 3. The topological polar surface area (TPSA) is 90.6 Å². The molecule has 2 heterocycles. The molecule has 2 N–H and O–H groups in total. The summed E-state index contributed by atoms with van der Waals surface area (Å²) in [4.78, 5) is 20.5. The van der Waals surface area contributed by atoms with Crippen LogP contribution in [0.3, 0.4) is 0 Å². The third-order valence-electron chi connectivity index (χ3n) is 4.63. The zero-order valence-electron chi connectivity index (χ0n) is 14.8. The molecule has 1 amide bonds. The van der Waals surface area contributed by atoms with Gasteiger partial charge in [0.25, 0.3) is 0 Å². The Morgan fingerprint density at radius 3 is 2.26 bits per heavy atom. The number of ether oxygens (including phenoxy) is 2. The van der Waals surface area contributed by atoms with Crippen LogP contribution in [-0.4, -0.2) is 43.2 Å². The molecule has 1 aliphatic heterocycles. The van der Waals surface area contributed by atoms with Crippen LogP contribution in [0.5, 0.6) is 11.5 Å². The molecule has 1 aliphatic rings. The minimum atomic E-state index is -4.69. The lowest BCUT2D eigenvalue weighted by Crippen LogP contribution is -2.39. The molecule has 146 valence electrons. The molecular weight excluding hydrogens is 365 g/mol. The third kappa shape index (κ3) is 3.69. The number of carbonyl (C=O) groups is 1. The van der Waals surface area contributed by atoms with Crippen molar-refractivity contribution < 1.29 is 27.4 Å². The predicted octanol–water partition coefficient (Wildman–Crippen LogP) is 2.37. The van der Waals surface area contributed by atoms with Crippen molar-refractivity contribution in [2.45, 2.75) is 19.0 Å². The molecule has 1 aromatic heterocycles. The van der Waals surface area contributed by atoms with E-state index >= 15 is 0 Å². The zero-order chi connectivity index (χ0) is 19.8. The standard InChI is InChI=1S/C17H19F3N4O3/c1-26-12-7-10-11(8-13(12)27-2)22-16(17(18,19)20)23-15(10)24-5-3-9(4-6-24)14(21)25/h7-9H,3-6H2,1-2H3,(H2,21,25). The molecule has 2 aromatic rings. The molecule has 0 atom stereocenters. The monoisotopic (exact) mass is 384 g/mol. The van der Waals surface area contributed by atoms with Gasteiger partial charge in [0, 0.05) is 30.5 Å². The molecule has 7 nitrogen and oxygen atoms in total. The summed E-state index contributed by atoms with van der Waals surface area (Å²) in [7, 11) is 2.83. The fourth-order valence-electron chi connectivity index (χ4n) is 3.18. The van der Waals surface area contributed by atoms with E-state index in [9.17, 15) is 18.0 Å².